The number of hydrogen-bond donors (Lipinski definition) is 1. The molecule has 5 heteroatoms. The quantitative estimate of drug-likeness (QED) is 0.928. The third kappa shape index (κ3) is 3.45. The van der Waals surface area contributed by atoms with Gasteiger partial charge in [-0.05, 0) is 32.0 Å². The van der Waals surface area contributed by atoms with Crippen LogP contribution in [0.3, 0.4) is 0 Å². The highest BCUT2D eigenvalue weighted by molar-refractivity contribution is 6.31. The zero-order valence-electron chi connectivity index (χ0n) is 11.1. The molecule has 0 aromatic heterocycles. The average molecular weight is 288 g/mol. The number of ether oxygens (including phenoxy) is 1. The van der Waals surface area contributed by atoms with Crippen molar-refractivity contribution in [2.24, 2.45) is 0 Å². The van der Waals surface area contributed by atoms with Crippen LogP contribution >= 0.6 is 11.6 Å². The number of aliphatic hydroxyl groups is 1. The van der Waals surface area contributed by atoms with E-state index in [4.69, 9.17) is 16.3 Å². The lowest BCUT2D eigenvalue weighted by Gasteiger charge is -2.37. The van der Waals surface area contributed by atoms with E-state index in [-0.39, 0.29) is 6.10 Å². The van der Waals surface area contributed by atoms with Crippen LogP contribution in [0.15, 0.2) is 18.2 Å². The zero-order chi connectivity index (χ0) is 14.0. The molecule has 1 N–H and O–H groups in total. The Kier molecular flexibility index (Phi) is 4.79. The van der Waals surface area contributed by atoms with Crippen molar-refractivity contribution in [1.29, 1.82) is 0 Å². The van der Waals surface area contributed by atoms with Gasteiger partial charge in [-0.25, -0.2) is 4.39 Å². The summed E-state index contributed by atoms with van der Waals surface area (Å²) < 4.78 is 18.9. The van der Waals surface area contributed by atoms with Crippen LogP contribution in [0.4, 0.5) is 4.39 Å². The molecule has 0 saturated carbocycles. The standard InChI is InChI=1S/C14H19ClFNO2/c1-9(2)17-5-6-19-13(8-17)14(18)11-7-10(16)3-4-12(11)15/h3-4,7,9,13-14,18H,5-6,8H2,1-2H3. The Bertz CT molecular complexity index is 441. The van der Waals surface area contributed by atoms with E-state index in [0.717, 1.165) is 6.54 Å². The first-order chi connectivity index (χ1) is 8.99. The first kappa shape index (κ1) is 14.7. The van der Waals surface area contributed by atoms with Crippen molar-refractivity contribution in [3.8, 4) is 0 Å². The Morgan fingerprint density at radius 1 is 1.47 bits per heavy atom. The van der Waals surface area contributed by atoms with Gasteiger partial charge in [0.05, 0.1) is 6.61 Å². The maximum Gasteiger partial charge on any atom is 0.123 e. The minimum Gasteiger partial charge on any atom is -0.386 e. The van der Waals surface area contributed by atoms with E-state index in [0.29, 0.717) is 29.8 Å². The monoisotopic (exact) mass is 287 g/mol. The lowest BCUT2D eigenvalue weighted by Crippen LogP contribution is -2.47. The summed E-state index contributed by atoms with van der Waals surface area (Å²) in [4.78, 5) is 2.23. The van der Waals surface area contributed by atoms with Gasteiger partial charge >= 0.3 is 0 Å². The van der Waals surface area contributed by atoms with Crippen LogP contribution in [0.2, 0.25) is 5.02 Å². The third-order valence-corrected chi connectivity index (χ3v) is 3.83. The molecule has 0 radical (unpaired) electrons. The second-order valence-corrected chi connectivity index (χ2v) is 5.52. The molecule has 2 rings (SSSR count). The SMILES string of the molecule is CC(C)N1CCOC(C(O)c2cc(F)ccc2Cl)C1. The topological polar surface area (TPSA) is 32.7 Å². The second-order valence-electron chi connectivity index (χ2n) is 5.11. The van der Waals surface area contributed by atoms with Crippen LogP contribution < -0.4 is 0 Å². The molecular formula is C14H19ClFNO2. The van der Waals surface area contributed by atoms with Crippen LogP contribution in [-0.4, -0.2) is 41.8 Å². The largest absolute Gasteiger partial charge is 0.386 e. The Morgan fingerprint density at radius 2 is 2.21 bits per heavy atom. The molecule has 1 heterocycles. The molecule has 0 amide bonds. The molecule has 2 atom stereocenters. The van der Waals surface area contributed by atoms with Crippen LogP contribution in [0.25, 0.3) is 0 Å². The maximum atomic E-state index is 13.3. The predicted molar refractivity (Wildman–Crippen MR) is 72.8 cm³/mol. The fraction of sp³-hybridized carbons (Fsp3) is 0.571. The normalized spacial score (nSPS) is 22.7. The Hall–Kier alpha value is -0.680. The second kappa shape index (κ2) is 6.18. The number of nitrogens with zero attached hydrogens (tertiary/aromatic N) is 1. The van der Waals surface area contributed by atoms with E-state index in [2.05, 4.69) is 18.7 Å². The van der Waals surface area contributed by atoms with Gasteiger partial charge < -0.3 is 9.84 Å². The number of rotatable bonds is 3. The molecule has 1 aromatic rings. The molecule has 0 bridgehead atoms. The van der Waals surface area contributed by atoms with Gasteiger partial charge in [-0.1, -0.05) is 11.6 Å². The van der Waals surface area contributed by atoms with Crippen molar-refractivity contribution in [1.82, 2.24) is 4.90 Å². The Balaban J connectivity index is 2.14. The summed E-state index contributed by atoms with van der Waals surface area (Å²) in [5.74, 6) is -0.407. The van der Waals surface area contributed by atoms with Gasteiger partial charge in [-0.2, -0.15) is 0 Å². The summed E-state index contributed by atoms with van der Waals surface area (Å²) in [6.45, 7) is 6.23. The lowest BCUT2D eigenvalue weighted by molar-refractivity contribution is -0.0961. The summed E-state index contributed by atoms with van der Waals surface area (Å²) in [5.41, 5.74) is 0.386. The maximum absolute atomic E-state index is 13.3. The number of halogens is 2. The predicted octanol–water partition coefficient (Wildman–Crippen LogP) is 2.62. The first-order valence-electron chi connectivity index (χ1n) is 6.47. The van der Waals surface area contributed by atoms with Crippen molar-refractivity contribution in [2.75, 3.05) is 19.7 Å². The number of aliphatic hydroxyl groups excluding tert-OH is 1. The van der Waals surface area contributed by atoms with E-state index in [1.807, 2.05) is 0 Å². The summed E-state index contributed by atoms with van der Waals surface area (Å²) in [6, 6.07) is 4.39. The van der Waals surface area contributed by atoms with Crippen molar-refractivity contribution in [2.45, 2.75) is 32.1 Å². The fourth-order valence-corrected chi connectivity index (χ4v) is 2.53. The van der Waals surface area contributed by atoms with Gasteiger partial charge in [-0.3, -0.25) is 4.90 Å². The molecule has 3 nitrogen and oxygen atoms in total. The molecule has 1 saturated heterocycles. The molecular weight excluding hydrogens is 269 g/mol. The van der Waals surface area contributed by atoms with Crippen LogP contribution in [0.5, 0.6) is 0 Å². The average Bonchev–Trinajstić information content (AvgIpc) is 2.41. The molecule has 0 aliphatic carbocycles. The molecule has 1 aromatic carbocycles. The van der Waals surface area contributed by atoms with Gasteiger partial charge in [-0.15, -0.1) is 0 Å². The van der Waals surface area contributed by atoms with E-state index >= 15 is 0 Å². The third-order valence-electron chi connectivity index (χ3n) is 3.48. The summed E-state index contributed by atoms with van der Waals surface area (Å²) in [5, 5.41) is 10.7. The number of hydrogen-bond acceptors (Lipinski definition) is 3. The minimum atomic E-state index is -0.912. The Morgan fingerprint density at radius 3 is 2.89 bits per heavy atom. The molecule has 1 aliphatic heterocycles. The molecule has 2 unspecified atom stereocenters. The minimum absolute atomic E-state index is 0.360. The van der Waals surface area contributed by atoms with Gasteiger partial charge in [0.1, 0.15) is 18.0 Å². The van der Waals surface area contributed by atoms with Crippen molar-refractivity contribution in [3.63, 3.8) is 0 Å². The van der Waals surface area contributed by atoms with Gasteiger partial charge in [0.2, 0.25) is 0 Å². The van der Waals surface area contributed by atoms with Gasteiger partial charge in [0, 0.05) is 29.7 Å². The van der Waals surface area contributed by atoms with Crippen LogP contribution in [0, 0.1) is 5.82 Å². The first-order valence-corrected chi connectivity index (χ1v) is 6.85. The van der Waals surface area contributed by atoms with E-state index in [9.17, 15) is 9.50 Å². The summed E-state index contributed by atoms with van der Waals surface area (Å²) in [6.07, 6.45) is -1.29. The highest BCUT2D eigenvalue weighted by Gasteiger charge is 2.30. The fourth-order valence-electron chi connectivity index (χ4n) is 2.30. The summed E-state index contributed by atoms with van der Waals surface area (Å²) in [7, 11) is 0. The van der Waals surface area contributed by atoms with Crippen molar-refractivity contribution >= 4 is 11.6 Å². The zero-order valence-corrected chi connectivity index (χ0v) is 11.9. The van der Waals surface area contributed by atoms with E-state index in [1.54, 1.807) is 0 Å². The van der Waals surface area contributed by atoms with Crippen molar-refractivity contribution < 1.29 is 14.2 Å². The Labute approximate surface area is 117 Å². The number of benzene rings is 1. The van der Waals surface area contributed by atoms with Gasteiger partial charge in [0.25, 0.3) is 0 Å². The highest BCUT2D eigenvalue weighted by Crippen LogP contribution is 2.29. The van der Waals surface area contributed by atoms with E-state index < -0.39 is 11.9 Å². The van der Waals surface area contributed by atoms with E-state index in [1.165, 1.54) is 18.2 Å². The summed E-state index contributed by atoms with van der Waals surface area (Å²) >= 11 is 6.01. The van der Waals surface area contributed by atoms with Crippen LogP contribution in [0.1, 0.15) is 25.5 Å². The molecule has 106 valence electrons. The smallest absolute Gasteiger partial charge is 0.123 e. The highest BCUT2D eigenvalue weighted by atomic mass is 35.5. The molecule has 0 spiro atoms. The van der Waals surface area contributed by atoms with Crippen LogP contribution in [-0.2, 0) is 4.74 Å². The molecule has 1 fully saturated rings. The number of morpholine rings is 1. The van der Waals surface area contributed by atoms with Gasteiger partial charge in [0.15, 0.2) is 0 Å². The molecule has 19 heavy (non-hydrogen) atoms. The molecule has 1 aliphatic rings. The lowest BCUT2D eigenvalue weighted by atomic mass is 10.0. The van der Waals surface area contributed by atoms with Crippen molar-refractivity contribution in [3.05, 3.63) is 34.6 Å².